The number of aliphatic hydroxyl groups excluding tert-OH is 1. The van der Waals surface area contributed by atoms with Crippen LogP contribution in [0.3, 0.4) is 0 Å². The Kier molecular flexibility index (Phi) is 9.74. The van der Waals surface area contributed by atoms with Gasteiger partial charge in [0.05, 0.1) is 7.11 Å². The normalized spacial score (nSPS) is 12.4. The Hall–Kier alpha value is -1.79. The Morgan fingerprint density at radius 1 is 1.07 bits per heavy atom. The van der Waals surface area contributed by atoms with Gasteiger partial charge in [-0.15, -0.1) is 0 Å². The van der Waals surface area contributed by atoms with Gasteiger partial charge in [0.2, 0.25) is 0 Å². The van der Waals surface area contributed by atoms with Crippen molar-refractivity contribution in [2.75, 3.05) is 33.9 Å². The van der Waals surface area contributed by atoms with Crippen molar-refractivity contribution in [3.05, 3.63) is 58.6 Å². The van der Waals surface area contributed by atoms with Crippen LogP contribution in [0.1, 0.15) is 25.0 Å². The SMILES string of the molecule is COc1ccc(CNCCc2ccc(Cl)cc2)cc1OC[C@H](O)CN(C)C(C)C. The zero-order chi connectivity index (χ0) is 21.2. The van der Waals surface area contributed by atoms with Gasteiger partial charge in [-0.05, 0) is 69.3 Å². The van der Waals surface area contributed by atoms with Crippen LogP contribution >= 0.6 is 11.6 Å². The predicted octanol–water partition coefficient (Wildman–Crippen LogP) is 3.76. The molecule has 2 aromatic carbocycles. The van der Waals surface area contributed by atoms with Crippen LogP contribution in [0, 0.1) is 0 Å². The van der Waals surface area contributed by atoms with E-state index in [1.807, 2.05) is 49.5 Å². The first-order chi connectivity index (χ1) is 13.9. The highest BCUT2D eigenvalue weighted by molar-refractivity contribution is 6.30. The fraction of sp³-hybridized carbons (Fsp3) is 0.478. The van der Waals surface area contributed by atoms with E-state index in [0.717, 1.165) is 30.1 Å². The van der Waals surface area contributed by atoms with Crippen molar-refractivity contribution < 1.29 is 14.6 Å². The van der Waals surface area contributed by atoms with E-state index in [2.05, 4.69) is 24.1 Å². The summed E-state index contributed by atoms with van der Waals surface area (Å²) in [6.07, 6.45) is 0.375. The largest absolute Gasteiger partial charge is 0.493 e. The van der Waals surface area contributed by atoms with Crippen molar-refractivity contribution >= 4 is 11.6 Å². The number of hydrogen-bond donors (Lipinski definition) is 2. The highest BCUT2D eigenvalue weighted by atomic mass is 35.5. The third-order valence-electron chi connectivity index (χ3n) is 4.87. The minimum atomic E-state index is -0.562. The first-order valence-electron chi connectivity index (χ1n) is 10.0. The van der Waals surface area contributed by atoms with E-state index in [1.54, 1.807) is 7.11 Å². The molecular formula is C23H33ClN2O3. The fourth-order valence-electron chi connectivity index (χ4n) is 2.84. The molecule has 0 aromatic heterocycles. The smallest absolute Gasteiger partial charge is 0.161 e. The number of likely N-dealkylation sites (N-methyl/N-ethyl adjacent to an activating group) is 1. The number of aliphatic hydroxyl groups is 1. The maximum absolute atomic E-state index is 10.2. The molecule has 0 saturated heterocycles. The Morgan fingerprint density at radius 2 is 1.76 bits per heavy atom. The molecule has 2 rings (SSSR count). The third-order valence-corrected chi connectivity index (χ3v) is 5.12. The molecule has 0 aliphatic heterocycles. The first-order valence-corrected chi connectivity index (χ1v) is 10.4. The number of nitrogens with zero attached hydrogens (tertiary/aromatic N) is 1. The molecule has 0 radical (unpaired) electrons. The summed E-state index contributed by atoms with van der Waals surface area (Å²) < 4.78 is 11.3. The quantitative estimate of drug-likeness (QED) is 0.512. The number of rotatable bonds is 12. The number of benzene rings is 2. The van der Waals surface area contributed by atoms with Crippen LogP contribution in [-0.2, 0) is 13.0 Å². The van der Waals surface area contributed by atoms with Gasteiger partial charge in [-0.1, -0.05) is 29.8 Å². The van der Waals surface area contributed by atoms with Gasteiger partial charge in [0.1, 0.15) is 12.7 Å². The maximum Gasteiger partial charge on any atom is 0.161 e. The van der Waals surface area contributed by atoms with Gasteiger partial charge in [-0.25, -0.2) is 0 Å². The molecule has 0 aliphatic rings. The Balaban J connectivity index is 1.84. The Labute approximate surface area is 179 Å². The maximum atomic E-state index is 10.2. The van der Waals surface area contributed by atoms with Crippen LogP contribution in [0.5, 0.6) is 11.5 Å². The van der Waals surface area contributed by atoms with E-state index in [-0.39, 0.29) is 6.61 Å². The molecule has 6 heteroatoms. The van der Waals surface area contributed by atoms with Crippen molar-refractivity contribution in [2.24, 2.45) is 0 Å². The van der Waals surface area contributed by atoms with Crippen molar-refractivity contribution in [1.82, 2.24) is 10.2 Å². The summed E-state index contributed by atoms with van der Waals surface area (Å²) >= 11 is 5.92. The minimum Gasteiger partial charge on any atom is -0.493 e. The van der Waals surface area contributed by atoms with Crippen LogP contribution in [0.25, 0.3) is 0 Å². The second-order valence-corrected chi connectivity index (χ2v) is 7.97. The number of methoxy groups -OCH3 is 1. The monoisotopic (exact) mass is 420 g/mol. The molecule has 0 heterocycles. The first kappa shape index (κ1) is 23.5. The van der Waals surface area contributed by atoms with Gasteiger partial charge in [-0.2, -0.15) is 0 Å². The lowest BCUT2D eigenvalue weighted by Crippen LogP contribution is -2.37. The van der Waals surface area contributed by atoms with Crippen LogP contribution in [0.15, 0.2) is 42.5 Å². The molecule has 160 valence electrons. The number of nitrogens with one attached hydrogen (secondary N) is 1. The van der Waals surface area contributed by atoms with Gasteiger partial charge < -0.3 is 24.8 Å². The lowest BCUT2D eigenvalue weighted by molar-refractivity contribution is 0.0668. The number of ether oxygens (including phenoxy) is 2. The van der Waals surface area contributed by atoms with Crippen LogP contribution in [0.4, 0.5) is 0 Å². The third kappa shape index (κ3) is 8.23. The molecule has 5 nitrogen and oxygen atoms in total. The minimum absolute atomic E-state index is 0.223. The molecule has 0 unspecified atom stereocenters. The summed E-state index contributed by atoms with van der Waals surface area (Å²) in [4.78, 5) is 2.09. The Morgan fingerprint density at radius 3 is 2.41 bits per heavy atom. The van der Waals surface area contributed by atoms with E-state index < -0.39 is 6.10 Å². The lowest BCUT2D eigenvalue weighted by atomic mass is 10.1. The number of halogens is 1. The van der Waals surface area contributed by atoms with Gasteiger partial charge >= 0.3 is 0 Å². The molecule has 0 bridgehead atoms. The number of hydrogen-bond acceptors (Lipinski definition) is 5. The summed E-state index contributed by atoms with van der Waals surface area (Å²) in [6.45, 7) is 6.57. The van der Waals surface area contributed by atoms with Gasteiger partial charge in [0.15, 0.2) is 11.5 Å². The van der Waals surface area contributed by atoms with E-state index in [1.165, 1.54) is 5.56 Å². The molecule has 1 atom stereocenters. The molecule has 0 spiro atoms. The van der Waals surface area contributed by atoms with Crippen molar-refractivity contribution in [1.29, 1.82) is 0 Å². The highest BCUT2D eigenvalue weighted by Gasteiger charge is 2.13. The highest BCUT2D eigenvalue weighted by Crippen LogP contribution is 2.28. The molecule has 0 saturated carbocycles. The second-order valence-electron chi connectivity index (χ2n) is 7.54. The standard InChI is InChI=1S/C23H33ClN2O3/c1-17(2)26(3)15-21(27)16-29-23-13-19(7-10-22(23)28-4)14-25-12-11-18-5-8-20(24)9-6-18/h5-10,13,17,21,25,27H,11-12,14-16H2,1-4H3/t21-/m1/s1. The topological polar surface area (TPSA) is 54.0 Å². The van der Waals surface area contributed by atoms with Gasteiger partial charge in [-0.3, -0.25) is 0 Å². The van der Waals surface area contributed by atoms with Gasteiger partial charge in [0, 0.05) is 24.2 Å². The summed E-state index contributed by atoms with van der Waals surface area (Å²) in [6, 6.07) is 14.2. The van der Waals surface area contributed by atoms with Crippen LogP contribution in [-0.4, -0.2) is 56.0 Å². The van der Waals surface area contributed by atoms with Crippen molar-refractivity contribution in [3.8, 4) is 11.5 Å². The van der Waals surface area contributed by atoms with E-state index in [0.29, 0.717) is 24.1 Å². The molecule has 0 aliphatic carbocycles. The molecule has 0 fully saturated rings. The second kappa shape index (κ2) is 12.0. The molecule has 2 N–H and O–H groups in total. The van der Waals surface area contributed by atoms with E-state index in [4.69, 9.17) is 21.1 Å². The van der Waals surface area contributed by atoms with Crippen LogP contribution < -0.4 is 14.8 Å². The van der Waals surface area contributed by atoms with Crippen molar-refractivity contribution in [3.63, 3.8) is 0 Å². The molecule has 2 aromatic rings. The fourth-order valence-corrected chi connectivity index (χ4v) is 2.97. The molecule has 29 heavy (non-hydrogen) atoms. The Bertz CT molecular complexity index is 737. The zero-order valence-electron chi connectivity index (χ0n) is 17.8. The lowest BCUT2D eigenvalue weighted by Gasteiger charge is -2.24. The predicted molar refractivity (Wildman–Crippen MR) is 119 cm³/mol. The molecular weight excluding hydrogens is 388 g/mol. The average Bonchev–Trinajstić information content (AvgIpc) is 2.71. The van der Waals surface area contributed by atoms with E-state index in [9.17, 15) is 5.11 Å². The summed E-state index contributed by atoms with van der Waals surface area (Å²) in [5.41, 5.74) is 2.35. The summed E-state index contributed by atoms with van der Waals surface area (Å²) in [7, 11) is 3.61. The van der Waals surface area contributed by atoms with Gasteiger partial charge in [0.25, 0.3) is 0 Å². The summed E-state index contributed by atoms with van der Waals surface area (Å²) in [5.74, 6) is 1.31. The summed E-state index contributed by atoms with van der Waals surface area (Å²) in [5, 5.41) is 14.4. The van der Waals surface area contributed by atoms with Crippen molar-refractivity contribution in [2.45, 2.75) is 39.0 Å². The zero-order valence-corrected chi connectivity index (χ0v) is 18.6. The van der Waals surface area contributed by atoms with E-state index >= 15 is 0 Å². The average molecular weight is 421 g/mol. The van der Waals surface area contributed by atoms with Crippen LogP contribution in [0.2, 0.25) is 5.02 Å². The molecule has 0 amide bonds.